The van der Waals surface area contributed by atoms with Gasteiger partial charge < -0.3 is 14.7 Å². The van der Waals surface area contributed by atoms with E-state index in [0.717, 1.165) is 24.5 Å². The number of rotatable bonds is 5. The number of piperazine rings is 1. The lowest BCUT2D eigenvalue weighted by molar-refractivity contribution is 0.131. The van der Waals surface area contributed by atoms with Gasteiger partial charge >= 0.3 is 6.03 Å². The van der Waals surface area contributed by atoms with Crippen LogP contribution < -0.4 is 5.32 Å². The molecule has 0 saturated carbocycles. The summed E-state index contributed by atoms with van der Waals surface area (Å²) in [7, 11) is 0. The number of aromatic nitrogens is 6. The van der Waals surface area contributed by atoms with Gasteiger partial charge in [0, 0.05) is 44.1 Å². The summed E-state index contributed by atoms with van der Waals surface area (Å²) in [6, 6.07) is 3.12. The first-order valence-electron chi connectivity index (χ1n) is 9.05. The highest BCUT2D eigenvalue weighted by Crippen LogP contribution is 2.18. The van der Waals surface area contributed by atoms with Crippen molar-refractivity contribution in [3.63, 3.8) is 0 Å². The molecule has 0 aromatic carbocycles. The molecule has 1 aliphatic heterocycles. The van der Waals surface area contributed by atoms with Crippen molar-refractivity contribution >= 4 is 6.03 Å². The third-order valence-corrected chi connectivity index (χ3v) is 4.57. The number of nitrogens with one attached hydrogen (secondary N) is 2. The molecule has 0 spiro atoms. The van der Waals surface area contributed by atoms with Crippen LogP contribution in [0.2, 0.25) is 0 Å². The van der Waals surface area contributed by atoms with Crippen molar-refractivity contribution in [2.24, 2.45) is 0 Å². The summed E-state index contributed by atoms with van der Waals surface area (Å²) in [5.41, 5.74) is 0.763. The lowest BCUT2D eigenvalue weighted by Gasteiger charge is -2.34. The Labute approximate surface area is 161 Å². The number of amides is 2. The molecule has 0 unspecified atom stereocenters. The maximum absolute atomic E-state index is 12.6. The zero-order valence-corrected chi connectivity index (χ0v) is 15.4. The van der Waals surface area contributed by atoms with Gasteiger partial charge in [-0.3, -0.25) is 15.0 Å². The summed E-state index contributed by atoms with van der Waals surface area (Å²) < 4.78 is 5.30. The number of pyridine rings is 1. The van der Waals surface area contributed by atoms with Crippen molar-refractivity contribution in [3.8, 4) is 11.4 Å². The fourth-order valence-electron chi connectivity index (χ4n) is 2.99. The van der Waals surface area contributed by atoms with Crippen LogP contribution in [0.4, 0.5) is 4.79 Å². The Hall–Kier alpha value is -3.34. The number of hydrogen-bond acceptors (Lipinski definition) is 8. The maximum Gasteiger partial charge on any atom is 0.318 e. The van der Waals surface area contributed by atoms with E-state index in [9.17, 15) is 4.79 Å². The van der Waals surface area contributed by atoms with Gasteiger partial charge in [0.2, 0.25) is 11.7 Å². The Kier molecular flexibility index (Phi) is 5.24. The molecule has 2 N–H and O–H groups in total. The molecule has 1 saturated heterocycles. The number of aromatic amines is 1. The monoisotopic (exact) mass is 383 g/mol. The average molecular weight is 383 g/mol. The SMILES string of the molecule is C[C@@H](NC(=O)N1CCN(Cc2ncn[nH]2)CC1)c1nc(-c2cccnc2)no1. The van der Waals surface area contributed by atoms with E-state index in [1.807, 2.05) is 13.0 Å². The minimum atomic E-state index is -0.391. The molecule has 0 bridgehead atoms. The van der Waals surface area contributed by atoms with Crippen molar-refractivity contribution in [2.75, 3.05) is 26.2 Å². The minimum Gasteiger partial charge on any atom is -0.337 e. The van der Waals surface area contributed by atoms with Gasteiger partial charge in [-0.05, 0) is 19.1 Å². The highest BCUT2D eigenvalue weighted by atomic mass is 16.5. The summed E-state index contributed by atoms with van der Waals surface area (Å²) in [5, 5.41) is 13.6. The van der Waals surface area contributed by atoms with Gasteiger partial charge in [-0.1, -0.05) is 5.16 Å². The number of urea groups is 1. The van der Waals surface area contributed by atoms with Crippen molar-refractivity contribution in [3.05, 3.63) is 42.6 Å². The van der Waals surface area contributed by atoms with Crippen LogP contribution in [0.5, 0.6) is 0 Å². The highest BCUT2D eigenvalue weighted by Gasteiger charge is 2.24. The third kappa shape index (κ3) is 4.14. The standard InChI is InChI=1S/C17H21N9O2/c1-12(16-22-15(24-28-16)13-3-2-4-18-9-13)21-17(27)26-7-5-25(6-8-26)10-14-19-11-20-23-14/h2-4,9,11-12H,5-8,10H2,1H3,(H,21,27)(H,19,20,23)/t12-/m1/s1. The second-order valence-electron chi connectivity index (χ2n) is 6.56. The van der Waals surface area contributed by atoms with Crippen molar-refractivity contribution in [1.29, 1.82) is 0 Å². The van der Waals surface area contributed by atoms with Crippen LogP contribution in [0.25, 0.3) is 11.4 Å². The topological polar surface area (TPSA) is 129 Å². The number of carbonyl (C=O) groups is 1. The van der Waals surface area contributed by atoms with Crippen LogP contribution in [0.15, 0.2) is 35.4 Å². The molecule has 0 radical (unpaired) electrons. The normalized spacial score (nSPS) is 16.1. The molecule has 0 aliphatic carbocycles. The molecule has 28 heavy (non-hydrogen) atoms. The Morgan fingerprint density at radius 2 is 2.21 bits per heavy atom. The molecule has 2 amide bonds. The fourth-order valence-corrected chi connectivity index (χ4v) is 2.99. The van der Waals surface area contributed by atoms with Gasteiger partial charge in [0.1, 0.15) is 18.2 Å². The van der Waals surface area contributed by atoms with Crippen molar-refractivity contribution in [2.45, 2.75) is 19.5 Å². The first-order chi connectivity index (χ1) is 13.7. The molecule has 4 rings (SSSR count). The quantitative estimate of drug-likeness (QED) is 0.663. The molecule has 1 atom stereocenters. The van der Waals surface area contributed by atoms with Gasteiger partial charge in [-0.25, -0.2) is 9.78 Å². The second kappa shape index (κ2) is 8.13. The Morgan fingerprint density at radius 3 is 2.93 bits per heavy atom. The second-order valence-corrected chi connectivity index (χ2v) is 6.56. The fraction of sp³-hybridized carbons (Fsp3) is 0.412. The van der Waals surface area contributed by atoms with Crippen LogP contribution in [-0.2, 0) is 6.54 Å². The van der Waals surface area contributed by atoms with Gasteiger partial charge in [-0.15, -0.1) is 0 Å². The lowest BCUT2D eigenvalue weighted by Crippen LogP contribution is -2.51. The first-order valence-corrected chi connectivity index (χ1v) is 9.05. The molecule has 3 aromatic rings. The van der Waals surface area contributed by atoms with Crippen molar-refractivity contribution < 1.29 is 9.32 Å². The first kappa shape index (κ1) is 18.0. The minimum absolute atomic E-state index is 0.145. The molecule has 4 heterocycles. The number of nitrogens with zero attached hydrogens (tertiary/aromatic N) is 7. The number of hydrogen-bond donors (Lipinski definition) is 2. The zero-order valence-electron chi connectivity index (χ0n) is 15.4. The highest BCUT2D eigenvalue weighted by molar-refractivity contribution is 5.74. The molecule has 146 valence electrons. The average Bonchev–Trinajstić information content (AvgIpc) is 3.41. The summed E-state index contributed by atoms with van der Waals surface area (Å²) in [5.74, 6) is 1.63. The van der Waals surface area contributed by atoms with E-state index >= 15 is 0 Å². The summed E-state index contributed by atoms with van der Waals surface area (Å²) >= 11 is 0. The molecule has 1 aliphatic rings. The Morgan fingerprint density at radius 1 is 1.36 bits per heavy atom. The van der Waals surface area contributed by atoms with E-state index in [1.165, 1.54) is 6.33 Å². The van der Waals surface area contributed by atoms with Crippen LogP contribution in [0, 0.1) is 0 Å². The smallest absolute Gasteiger partial charge is 0.318 e. The van der Waals surface area contributed by atoms with Crippen LogP contribution in [0.1, 0.15) is 24.7 Å². The van der Waals surface area contributed by atoms with Crippen LogP contribution >= 0.6 is 0 Å². The summed E-state index contributed by atoms with van der Waals surface area (Å²) in [6.07, 6.45) is 4.84. The molecule has 1 fully saturated rings. The van der Waals surface area contributed by atoms with E-state index in [4.69, 9.17) is 4.52 Å². The van der Waals surface area contributed by atoms with E-state index in [-0.39, 0.29) is 6.03 Å². The number of H-pyrrole nitrogens is 1. The van der Waals surface area contributed by atoms with Gasteiger partial charge in [0.25, 0.3) is 0 Å². The summed E-state index contributed by atoms with van der Waals surface area (Å²) in [4.78, 5) is 29.1. The summed E-state index contributed by atoms with van der Waals surface area (Å²) in [6.45, 7) is 5.33. The van der Waals surface area contributed by atoms with Crippen molar-refractivity contribution in [1.82, 2.24) is 45.4 Å². The van der Waals surface area contributed by atoms with E-state index in [2.05, 4.69) is 40.5 Å². The molecular formula is C17H21N9O2. The van der Waals surface area contributed by atoms with Gasteiger partial charge in [0.15, 0.2) is 0 Å². The third-order valence-electron chi connectivity index (χ3n) is 4.57. The zero-order chi connectivity index (χ0) is 19.3. The van der Waals surface area contributed by atoms with Gasteiger partial charge in [-0.2, -0.15) is 10.1 Å². The number of carbonyl (C=O) groups excluding carboxylic acids is 1. The predicted molar refractivity (Wildman–Crippen MR) is 97.7 cm³/mol. The predicted octanol–water partition coefficient (Wildman–Crippen LogP) is 0.838. The van der Waals surface area contributed by atoms with Gasteiger partial charge in [0.05, 0.1) is 6.54 Å². The molecule has 11 nitrogen and oxygen atoms in total. The molecule has 11 heteroatoms. The largest absolute Gasteiger partial charge is 0.337 e. The molecular weight excluding hydrogens is 362 g/mol. The van der Waals surface area contributed by atoms with E-state index in [1.54, 1.807) is 23.4 Å². The Balaban J connectivity index is 1.29. The van der Waals surface area contributed by atoms with Crippen LogP contribution in [-0.4, -0.2) is 72.3 Å². The lowest BCUT2D eigenvalue weighted by atomic mass is 10.3. The van der Waals surface area contributed by atoms with Crippen LogP contribution in [0.3, 0.4) is 0 Å². The van der Waals surface area contributed by atoms with E-state index in [0.29, 0.717) is 31.3 Å². The van der Waals surface area contributed by atoms with E-state index < -0.39 is 6.04 Å². The maximum atomic E-state index is 12.6. The Bertz CT molecular complexity index is 889. The molecule has 3 aromatic heterocycles.